The van der Waals surface area contributed by atoms with Crippen molar-refractivity contribution in [3.8, 4) is 0 Å². The van der Waals surface area contributed by atoms with Gasteiger partial charge in [0.25, 0.3) is 0 Å². The first-order valence-electron chi connectivity index (χ1n) is 7.23. The molecule has 22 heavy (non-hydrogen) atoms. The molecule has 0 bridgehead atoms. The Morgan fingerprint density at radius 2 is 2.05 bits per heavy atom. The van der Waals surface area contributed by atoms with Crippen molar-refractivity contribution < 1.29 is 8.91 Å². The molecule has 118 valence electrons. The zero-order valence-corrected chi connectivity index (χ0v) is 12.8. The minimum atomic E-state index is -0.243. The lowest BCUT2D eigenvalue weighted by Gasteiger charge is -2.10. The predicted octanol–water partition coefficient (Wildman–Crippen LogP) is 1.81. The summed E-state index contributed by atoms with van der Waals surface area (Å²) >= 11 is 0. The van der Waals surface area contributed by atoms with Crippen LogP contribution in [-0.4, -0.2) is 29.2 Å². The highest BCUT2D eigenvalue weighted by Crippen LogP contribution is 2.03. The van der Waals surface area contributed by atoms with Gasteiger partial charge in [-0.05, 0) is 31.5 Å². The van der Waals surface area contributed by atoms with Gasteiger partial charge in [-0.1, -0.05) is 17.3 Å². The molecular formula is C15H20FN5O. The summed E-state index contributed by atoms with van der Waals surface area (Å²) in [5.74, 6) is 1.68. The predicted molar refractivity (Wildman–Crippen MR) is 82.0 cm³/mol. The number of nitrogens with zero attached hydrogens (tertiary/aromatic N) is 3. The summed E-state index contributed by atoms with van der Waals surface area (Å²) in [4.78, 5) is 8.60. The Morgan fingerprint density at radius 3 is 2.68 bits per heavy atom. The van der Waals surface area contributed by atoms with Gasteiger partial charge in [-0.25, -0.2) is 9.38 Å². The molecule has 0 radical (unpaired) electrons. The van der Waals surface area contributed by atoms with Crippen molar-refractivity contribution >= 4 is 5.96 Å². The highest BCUT2D eigenvalue weighted by molar-refractivity contribution is 5.79. The Hall–Kier alpha value is -2.44. The van der Waals surface area contributed by atoms with E-state index in [1.807, 2.05) is 6.92 Å². The molecule has 0 spiro atoms. The molecule has 0 unspecified atom stereocenters. The van der Waals surface area contributed by atoms with Gasteiger partial charge in [0.15, 0.2) is 11.8 Å². The first-order valence-corrected chi connectivity index (χ1v) is 7.23. The Morgan fingerprint density at radius 1 is 1.27 bits per heavy atom. The van der Waals surface area contributed by atoms with Crippen LogP contribution in [0.3, 0.4) is 0 Å². The fourth-order valence-electron chi connectivity index (χ4n) is 1.83. The van der Waals surface area contributed by atoms with E-state index >= 15 is 0 Å². The van der Waals surface area contributed by atoms with Gasteiger partial charge in [0.2, 0.25) is 5.89 Å². The number of aryl methyl sites for hydroxylation is 1. The Labute approximate surface area is 128 Å². The monoisotopic (exact) mass is 305 g/mol. The van der Waals surface area contributed by atoms with Gasteiger partial charge < -0.3 is 15.2 Å². The van der Waals surface area contributed by atoms with E-state index in [9.17, 15) is 4.39 Å². The molecule has 1 aromatic heterocycles. The van der Waals surface area contributed by atoms with Crippen LogP contribution in [0.15, 0.2) is 33.8 Å². The maximum absolute atomic E-state index is 12.9. The van der Waals surface area contributed by atoms with E-state index in [2.05, 4.69) is 25.8 Å². The van der Waals surface area contributed by atoms with Crippen LogP contribution < -0.4 is 10.6 Å². The maximum atomic E-state index is 12.9. The lowest BCUT2D eigenvalue weighted by Crippen LogP contribution is -2.38. The van der Waals surface area contributed by atoms with Crippen molar-refractivity contribution in [3.05, 3.63) is 47.4 Å². The molecule has 0 saturated heterocycles. The quantitative estimate of drug-likeness (QED) is 0.629. The molecule has 7 heteroatoms. The van der Waals surface area contributed by atoms with Crippen molar-refractivity contribution in [3.63, 3.8) is 0 Å². The number of benzene rings is 1. The van der Waals surface area contributed by atoms with Gasteiger partial charge >= 0.3 is 0 Å². The van der Waals surface area contributed by atoms with Crippen molar-refractivity contribution in [1.82, 2.24) is 20.8 Å². The molecular weight excluding hydrogens is 285 g/mol. The number of hydrogen-bond acceptors (Lipinski definition) is 4. The smallest absolute Gasteiger partial charge is 0.228 e. The fourth-order valence-corrected chi connectivity index (χ4v) is 1.83. The van der Waals surface area contributed by atoms with E-state index in [0.29, 0.717) is 37.2 Å². The van der Waals surface area contributed by atoms with Crippen molar-refractivity contribution in [2.75, 3.05) is 13.1 Å². The standard InChI is InChI=1S/C15H20FN5O/c1-3-17-15(18-9-8-14-20-11(2)21-22-14)19-10-12-4-6-13(16)7-5-12/h4-7H,3,8-10H2,1-2H3,(H2,17,18,19). The molecule has 0 atom stereocenters. The molecule has 2 N–H and O–H groups in total. The summed E-state index contributed by atoms with van der Waals surface area (Å²) < 4.78 is 17.9. The number of hydrogen-bond donors (Lipinski definition) is 2. The number of aromatic nitrogens is 2. The van der Waals surface area contributed by atoms with Gasteiger partial charge in [-0.3, -0.25) is 0 Å². The summed E-state index contributed by atoms with van der Waals surface area (Å²) in [6.07, 6.45) is 0.627. The van der Waals surface area contributed by atoms with Crippen LogP contribution in [0.5, 0.6) is 0 Å². The first kappa shape index (κ1) is 15.9. The minimum Gasteiger partial charge on any atom is -0.357 e. The van der Waals surface area contributed by atoms with E-state index in [1.54, 1.807) is 19.1 Å². The zero-order chi connectivity index (χ0) is 15.8. The number of aliphatic imine (C=N–C) groups is 1. The van der Waals surface area contributed by atoms with E-state index in [4.69, 9.17) is 4.52 Å². The number of nitrogens with one attached hydrogen (secondary N) is 2. The highest BCUT2D eigenvalue weighted by Gasteiger charge is 2.03. The third-order valence-corrected chi connectivity index (χ3v) is 2.88. The second-order valence-corrected chi connectivity index (χ2v) is 4.73. The summed E-state index contributed by atoms with van der Waals surface area (Å²) in [6.45, 7) is 5.66. The minimum absolute atomic E-state index is 0.243. The van der Waals surface area contributed by atoms with E-state index in [1.165, 1.54) is 12.1 Å². The van der Waals surface area contributed by atoms with Gasteiger partial charge in [-0.2, -0.15) is 4.98 Å². The Kier molecular flexibility index (Phi) is 5.88. The van der Waals surface area contributed by atoms with Gasteiger partial charge in [-0.15, -0.1) is 0 Å². The van der Waals surface area contributed by atoms with Crippen LogP contribution >= 0.6 is 0 Å². The van der Waals surface area contributed by atoms with E-state index in [-0.39, 0.29) is 5.82 Å². The lowest BCUT2D eigenvalue weighted by atomic mass is 10.2. The number of halogens is 1. The molecule has 0 saturated carbocycles. The molecule has 1 heterocycles. The average molecular weight is 305 g/mol. The van der Waals surface area contributed by atoms with Crippen LogP contribution in [0.1, 0.15) is 24.2 Å². The fraction of sp³-hybridized carbons (Fsp3) is 0.400. The van der Waals surface area contributed by atoms with Gasteiger partial charge in [0.05, 0.1) is 6.54 Å². The summed E-state index contributed by atoms with van der Waals surface area (Å²) in [5.41, 5.74) is 0.950. The molecule has 2 aromatic rings. The van der Waals surface area contributed by atoms with Crippen LogP contribution in [0.25, 0.3) is 0 Å². The van der Waals surface area contributed by atoms with Crippen molar-refractivity contribution in [1.29, 1.82) is 0 Å². The number of rotatable bonds is 6. The molecule has 0 aliphatic rings. The van der Waals surface area contributed by atoms with Gasteiger partial charge in [0, 0.05) is 19.5 Å². The topological polar surface area (TPSA) is 75.3 Å². The van der Waals surface area contributed by atoms with Crippen LogP contribution in [0.2, 0.25) is 0 Å². The van der Waals surface area contributed by atoms with Crippen LogP contribution in [-0.2, 0) is 13.0 Å². The Bertz CT molecular complexity index is 609. The second kappa shape index (κ2) is 8.11. The average Bonchev–Trinajstić information content (AvgIpc) is 2.92. The summed E-state index contributed by atoms with van der Waals surface area (Å²) in [6, 6.07) is 6.32. The largest absolute Gasteiger partial charge is 0.357 e. The third kappa shape index (κ3) is 5.16. The highest BCUT2D eigenvalue weighted by atomic mass is 19.1. The summed E-state index contributed by atoms with van der Waals surface area (Å²) in [7, 11) is 0. The SMILES string of the molecule is CCNC(=NCc1ccc(F)cc1)NCCc1nc(C)no1. The zero-order valence-electron chi connectivity index (χ0n) is 12.8. The molecule has 6 nitrogen and oxygen atoms in total. The van der Waals surface area contributed by atoms with Crippen molar-refractivity contribution in [2.24, 2.45) is 4.99 Å². The molecule has 0 aliphatic carbocycles. The third-order valence-electron chi connectivity index (χ3n) is 2.88. The van der Waals surface area contributed by atoms with E-state index < -0.39 is 0 Å². The van der Waals surface area contributed by atoms with Crippen LogP contribution in [0, 0.1) is 12.7 Å². The molecule has 0 aliphatic heterocycles. The molecule has 0 fully saturated rings. The van der Waals surface area contributed by atoms with Crippen LogP contribution in [0.4, 0.5) is 4.39 Å². The first-order chi connectivity index (χ1) is 10.7. The van der Waals surface area contributed by atoms with E-state index in [0.717, 1.165) is 12.1 Å². The summed E-state index contributed by atoms with van der Waals surface area (Å²) in [5, 5.41) is 10.1. The molecule has 1 aromatic carbocycles. The Balaban J connectivity index is 1.85. The van der Waals surface area contributed by atoms with Gasteiger partial charge in [0.1, 0.15) is 5.82 Å². The second-order valence-electron chi connectivity index (χ2n) is 4.73. The number of guanidine groups is 1. The lowest BCUT2D eigenvalue weighted by molar-refractivity contribution is 0.374. The molecule has 2 rings (SSSR count). The normalized spacial score (nSPS) is 11.5. The van der Waals surface area contributed by atoms with Crippen molar-refractivity contribution in [2.45, 2.75) is 26.8 Å². The molecule has 0 amide bonds. The maximum Gasteiger partial charge on any atom is 0.228 e.